The van der Waals surface area contributed by atoms with Crippen LogP contribution in [-0.2, 0) is 9.90 Å². The largest absolute Gasteiger partial charge is 0.382 e. The Morgan fingerprint density at radius 2 is 1.78 bits per heavy atom. The highest BCUT2D eigenvalue weighted by Gasteiger charge is 2.04. The average Bonchev–Trinajstić information content (AvgIpc) is 1.84. The van der Waals surface area contributed by atoms with Crippen molar-refractivity contribution in [1.29, 1.82) is 0 Å². The number of allylic oxidation sites excluding steroid dienone is 1. The summed E-state index contributed by atoms with van der Waals surface area (Å²) in [4.78, 5) is 10.1. The van der Waals surface area contributed by atoms with E-state index in [1.54, 1.807) is 13.8 Å². The van der Waals surface area contributed by atoms with Crippen LogP contribution in [0, 0.1) is 0 Å². The molecule has 2 heteroatoms. The van der Waals surface area contributed by atoms with Gasteiger partial charge in [0.1, 0.15) is 0 Å². The van der Waals surface area contributed by atoms with Gasteiger partial charge < -0.3 is 0 Å². The molecule has 0 aliphatic carbocycles. The van der Waals surface area contributed by atoms with Gasteiger partial charge in [-0.15, -0.1) is 0 Å². The lowest BCUT2D eigenvalue weighted by Gasteiger charge is -1.95. The van der Waals surface area contributed by atoms with Gasteiger partial charge in [-0.25, -0.2) is 9.90 Å². The molecule has 0 atom stereocenters. The predicted octanol–water partition coefficient (Wildman–Crippen LogP) is 1.69. The van der Waals surface area contributed by atoms with Gasteiger partial charge in [-0.2, -0.15) is 0 Å². The van der Waals surface area contributed by atoms with Crippen LogP contribution in [0.3, 0.4) is 0 Å². The van der Waals surface area contributed by atoms with Gasteiger partial charge in [0.15, 0.2) is 0 Å². The van der Waals surface area contributed by atoms with E-state index >= 15 is 0 Å². The van der Waals surface area contributed by atoms with E-state index in [0.717, 1.165) is 12.0 Å². The molecule has 9 heavy (non-hydrogen) atoms. The summed E-state index contributed by atoms with van der Waals surface area (Å²) >= 11 is 0. The van der Waals surface area contributed by atoms with Crippen LogP contribution in [0.25, 0.3) is 0 Å². The maximum Gasteiger partial charge on any atom is 0.382 e. The van der Waals surface area contributed by atoms with E-state index in [1.807, 2.05) is 6.92 Å². The van der Waals surface area contributed by atoms with Crippen molar-refractivity contribution in [1.82, 2.24) is 0 Å². The molecule has 0 heterocycles. The molecule has 0 N–H and O–H groups in total. The lowest BCUT2D eigenvalue weighted by atomic mass is 10.1. The van der Waals surface area contributed by atoms with E-state index in [2.05, 4.69) is 0 Å². The second-order valence-corrected chi connectivity index (χ2v) is 2.05. The molecule has 0 aromatic rings. The maximum absolute atomic E-state index is 10.1. The summed E-state index contributed by atoms with van der Waals surface area (Å²) in [6, 6.07) is 0. The van der Waals surface area contributed by atoms with E-state index in [4.69, 9.17) is 0 Å². The van der Waals surface area contributed by atoms with Gasteiger partial charge in [0, 0.05) is 5.57 Å². The van der Waals surface area contributed by atoms with Crippen LogP contribution in [0.5, 0.6) is 0 Å². The molecule has 0 amide bonds. The standard InChI is InChI=1S/C7H11O2/c1-4-5(2)6(3)7(8)9/h4H2,1-3H3. The van der Waals surface area contributed by atoms with Gasteiger partial charge in [-0.3, -0.25) is 0 Å². The highest BCUT2D eigenvalue weighted by atomic mass is 16.4. The van der Waals surface area contributed by atoms with Crippen molar-refractivity contribution in [2.24, 2.45) is 0 Å². The molecule has 0 saturated carbocycles. The number of carbonyl (C=O) groups is 1. The Bertz CT molecular complexity index is 145. The third-order valence-corrected chi connectivity index (χ3v) is 1.48. The van der Waals surface area contributed by atoms with Crippen molar-refractivity contribution in [2.75, 3.05) is 0 Å². The SMILES string of the molecule is CCC(C)=C(C)C([O])=O. The Morgan fingerprint density at radius 1 is 1.33 bits per heavy atom. The van der Waals surface area contributed by atoms with Crippen LogP contribution in [0.4, 0.5) is 0 Å². The minimum Gasteiger partial charge on any atom is -0.242 e. The first-order valence-electron chi connectivity index (χ1n) is 2.97. The zero-order valence-corrected chi connectivity index (χ0v) is 6.02. The molecule has 0 aromatic carbocycles. The third kappa shape index (κ3) is 2.31. The molecule has 0 aliphatic heterocycles. The summed E-state index contributed by atoms with van der Waals surface area (Å²) in [6.07, 6.45) is 0.778. The summed E-state index contributed by atoms with van der Waals surface area (Å²) in [5, 5.41) is 10.1. The number of carbonyl (C=O) groups excluding carboxylic acids is 1. The molecule has 0 aliphatic rings. The zero-order chi connectivity index (χ0) is 7.44. The van der Waals surface area contributed by atoms with Crippen molar-refractivity contribution < 1.29 is 9.90 Å². The molecule has 0 unspecified atom stereocenters. The minimum atomic E-state index is -1.06. The lowest BCUT2D eigenvalue weighted by molar-refractivity contribution is -0.138. The monoisotopic (exact) mass is 127 g/mol. The maximum atomic E-state index is 10.1. The van der Waals surface area contributed by atoms with Crippen molar-refractivity contribution >= 4 is 5.97 Å². The lowest BCUT2D eigenvalue weighted by Crippen LogP contribution is -1.96. The van der Waals surface area contributed by atoms with E-state index in [9.17, 15) is 9.90 Å². The fraction of sp³-hybridized carbons (Fsp3) is 0.571. The van der Waals surface area contributed by atoms with Crippen molar-refractivity contribution in [3.8, 4) is 0 Å². The average molecular weight is 127 g/mol. The van der Waals surface area contributed by atoms with Crippen molar-refractivity contribution in [2.45, 2.75) is 27.2 Å². The smallest absolute Gasteiger partial charge is 0.242 e. The number of hydrogen-bond donors (Lipinski definition) is 0. The molecule has 0 rings (SSSR count). The Morgan fingerprint density at radius 3 is 1.89 bits per heavy atom. The van der Waals surface area contributed by atoms with Crippen LogP contribution in [0.2, 0.25) is 0 Å². The Balaban J connectivity index is 4.28. The topological polar surface area (TPSA) is 37.0 Å². The van der Waals surface area contributed by atoms with E-state index < -0.39 is 5.97 Å². The zero-order valence-electron chi connectivity index (χ0n) is 6.02. The molecule has 0 fully saturated rings. The first-order chi connectivity index (χ1) is 4.09. The van der Waals surface area contributed by atoms with Gasteiger partial charge in [0.05, 0.1) is 0 Å². The Kier molecular flexibility index (Phi) is 2.99. The molecule has 0 bridgehead atoms. The molecule has 51 valence electrons. The minimum absolute atomic E-state index is 0.359. The predicted molar refractivity (Wildman–Crippen MR) is 34.4 cm³/mol. The van der Waals surface area contributed by atoms with Gasteiger partial charge in [-0.1, -0.05) is 12.5 Å². The fourth-order valence-corrected chi connectivity index (χ4v) is 0.439. The highest BCUT2D eigenvalue weighted by molar-refractivity contribution is 5.86. The number of rotatable bonds is 2. The Hall–Kier alpha value is -0.790. The van der Waals surface area contributed by atoms with Crippen LogP contribution < -0.4 is 0 Å². The third-order valence-electron chi connectivity index (χ3n) is 1.48. The first kappa shape index (κ1) is 8.21. The Labute approximate surface area is 55.2 Å². The molecular weight excluding hydrogens is 116 g/mol. The fourth-order valence-electron chi connectivity index (χ4n) is 0.439. The van der Waals surface area contributed by atoms with Crippen LogP contribution >= 0.6 is 0 Å². The normalized spacial score (nSPS) is 12.8. The summed E-state index contributed by atoms with van der Waals surface area (Å²) in [7, 11) is 0. The van der Waals surface area contributed by atoms with E-state index in [1.165, 1.54) is 0 Å². The van der Waals surface area contributed by atoms with Gasteiger partial charge >= 0.3 is 5.97 Å². The van der Waals surface area contributed by atoms with Crippen molar-refractivity contribution in [3.63, 3.8) is 0 Å². The molecular formula is C7H11O2. The van der Waals surface area contributed by atoms with E-state index in [0.29, 0.717) is 5.57 Å². The van der Waals surface area contributed by atoms with Crippen LogP contribution in [0.15, 0.2) is 11.1 Å². The van der Waals surface area contributed by atoms with Gasteiger partial charge in [0.25, 0.3) is 0 Å². The first-order valence-corrected chi connectivity index (χ1v) is 2.97. The van der Waals surface area contributed by atoms with Gasteiger partial charge in [-0.05, 0) is 20.3 Å². The molecule has 1 radical (unpaired) electrons. The second-order valence-electron chi connectivity index (χ2n) is 2.05. The molecule has 0 aromatic heterocycles. The summed E-state index contributed by atoms with van der Waals surface area (Å²) in [5.74, 6) is -1.06. The van der Waals surface area contributed by atoms with E-state index in [-0.39, 0.29) is 0 Å². The summed E-state index contributed by atoms with van der Waals surface area (Å²) in [6.45, 7) is 5.28. The van der Waals surface area contributed by atoms with Gasteiger partial charge in [0.2, 0.25) is 0 Å². The molecule has 0 spiro atoms. The molecule has 0 saturated heterocycles. The number of hydrogen-bond acceptors (Lipinski definition) is 1. The molecule has 2 nitrogen and oxygen atoms in total. The highest BCUT2D eigenvalue weighted by Crippen LogP contribution is 2.06. The van der Waals surface area contributed by atoms with Crippen LogP contribution in [0.1, 0.15) is 27.2 Å². The van der Waals surface area contributed by atoms with Crippen LogP contribution in [-0.4, -0.2) is 5.97 Å². The second kappa shape index (κ2) is 3.28. The summed E-state index contributed by atoms with van der Waals surface area (Å²) < 4.78 is 0. The quantitative estimate of drug-likeness (QED) is 0.520. The van der Waals surface area contributed by atoms with Crippen molar-refractivity contribution in [3.05, 3.63) is 11.1 Å². The summed E-state index contributed by atoms with van der Waals surface area (Å²) in [5.41, 5.74) is 1.24.